The molecule has 1 unspecified atom stereocenters. The van der Waals surface area contributed by atoms with Crippen LogP contribution in [0.15, 0.2) is 11.6 Å². The van der Waals surface area contributed by atoms with Crippen LogP contribution in [0.4, 0.5) is 0 Å². The molecule has 0 bridgehead atoms. The third-order valence-corrected chi connectivity index (χ3v) is 12.5. The van der Waals surface area contributed by atoms with Gasteiger partial charge in [0.25, 0.3) is 0 Å². The highest BCUT2D eigenvalue weighted by Gasteiger charge is 2.71. The van der Waals surface area contributed by atoms with Crippen LogP contribution < -0.4 is 24.0 Å². The highest BCUT2D eigenvalue weighted by Crippen LogP contribution is 2.70. The van der Waals surface area contributed by atoms with Gasteiger partial charge in [0.15, 0.2) is 0 Å². The lowest BCUT2D eigenvalue weighted by Gasteiger charge is -2.58. The fourth-order valence-electron chi connectivity index (χ4n) is 11.3. The van der Waals surface area contributed by atoms with Crippen molar-refractivity contribution >= 4 is 0 Å². The van der Waals surface area contributed by atoms with Crippen LogP contribution in [0.3, 0.4) is 0 Å². The van der Waals surface area contributed by atoms with Crippen LogP contribution in [0.5, 0.6) is 0 Å². The monoisotopic (exact) mass is 539 g/mol. The van der Waals surface area contributed by atoms with Gasteiger partial charge in [-0.3, -0.25) is 0 Å². The van der Waals surface area contributed by atoms with Crippen molar-refractivity contribution in [2.75, 3.05) is 13.6 Å². The van der Waals surface area contributed by atoms with Crippen LogP contribution in [-0.4, -0.2) is 41.4 Å². The maximum absolute atomic E-state index is 10.3. The van der Waals surface area contributed by atoms with Crippen molar-refractivity contribution in [3.63, 3.8) is 0 Å². The Morgan fingerprint density at radius 3 is 2.55 bits per heavy atom. The molecule has 31 heavy (non-hydrogen) atoms. The zero-order valence-electron chi connectivity index (χ0n) is 20.6. The second-order valence-electron chi connectivity index (χ2n) is 13.7. The summed E-state index contributed by atoms with van der Waals surface area (Å²) in [5, 5.41) is 10.3. The summed E-state index contributed by atoms with van der Waals surface area (Å²) in [5.41, 5.74) is 2.58. The molecular weight excluding hydrogens is 493 g/mol. The van der Waals surface area contributed by atoms with E-state index in [1.165, 1.54) is 56.0 Å². The lowest BCUT2D eigenvalue weighted by molar-refractivity contribution is -0.953. The number of aliphatic hydroxyl groups is 1. The van der Waals surface area contributed by atoms with Crippen LogP contribution >= 0.6 is 0 Å². The first-order valence-corrected chi connectivity index (χ1v) is 13.4. The number of hydrogen-bond acceptors (Lipinski definition) is 1. The number of fused-ring (bicyclic) bond motifs is 9. The van der Waals surface area contributed by atoms with E-state index in [9.17, 15) is 5.11 Å². The zero-order chi connectivity index (χ0) is 21.1. The van der Waals surface area contributed by atoms with Gasteiger partial charge in [-0.2, -0.15) is 0 Å². The van der Waals surface area contributed by atoms with Crippen LogP contribution in [0.25, 0.3) is 0 Å². The van der Waals surface area contributed by atoms with Crippen molar-refractivity contribution in [2.45, 2.75) is 104 Å². The predicted molar refractivity (Wildman–Crippen MR) is 123 cm³/mol. The molecule has 4 aliphatic carbocycles. The zero-order valence-corrected chi connectivity index (χ0v) is 22.8. The predicted octanol–water partition coefficient (Wildman–Crippen LogP) is 2.80. The van der Waals surface area contributed by atoms with Gasteiger partial charge in [-0.15, -0.1) is 0 Å². The molecule has 0 spiro atoms. The highest BCUT2D eigenvalue weighted by molar-refractivity contribution is 5.26. The fraction of sp³-hybridized carbons (Fsp3) is 0.929. The molecule has 2 heterocycles. The van der Waals surface area contributed by atoms with Gasteiger partial charge in [-0.25, -0.2) is 0 Å². The lowest BCUT2D eigenvalue weighted by Crippen LogP contribution is -3.00. The van der Waals surface area contributed by atoms with E-state index in [0.717, 1.165) is 60.4 Å². The molecule has 0 aromatic heterocycles. The summed E-state index contributed by atoms with van der Waals surface area (Å²) >= 11 is 0. The number of hydrogen-bond donors (Lipinski definition) is 1. The standard InChI is InChI=1S/C28H46NO.HI/c1-17-6-9-24-18(2)26-25(29(24,5)16-17)15-23-21-8-7-19-14-20(30)10-12-27(19,3)22(21)11-13-28(23,26)4;/h7,17-18,20-26,30H,6,8-16H2,1-5H3;1H/q+1;/p-1/t17-,18+,20-,21+,22-,23-,24+,25-,26-,27-,28-,29?;/m0./s1. The number of nitrogens with zero attached hydrogens (tertiary/aromatic N) is 1. The summed E-state index contributed by atoms with van der Waals surface area (Å²) in [7, 11) is 2.67. The van der Waals surface area contributed by atoms with Crippen molar-refractivity contribution in [1.29, 1.82) is 0 Å². The van der Waals surface area contributed by atoms with E-state index in [4.69, 9.17) is 0 Å². The van der Waals surface area contributed by atoms with Crippen LogP contribution in [0, 0.1) is 46.3 Å². The van der Waals surface area contributed by atoms with E-state index >= 15 is 0 Å². The Kier molecular flexibility index (Phi) is 5.56. The van der Waals surface area contributed by atoms with Gasteiger partial charge in [0.05, 0.1) is 31.8 Å². The second-order valence-corrected chi connectivity index (χ2v) is 13.7. The van der Waals surface area contributed by atoms with Crippen molar-refractivity contribution in [2.24, 2.45) is 46.3 Å². The van der Waals surface area contributed by atoms with E-state index in [1.807, 2.05) is 0 Å². The molecule has 0 aromatic carbocycles. The Balaban J connectivity index is 0.00000204. The van der Waals surface area contributed by atoms with Crippen molar-refractivity contribution in [3.8, 4) is 0 Å². The van der Waals surface area contributed by atoms with E-state index in [0.29, 0.717) is 10.8 Å². The van der Waals surface area contributed by atoms with Gasteiger partial charge in [-0.05, 0) is 73.5 Å². The van der Waals surface area contributed by atoms with Crippen LogP contribution in [0.2, 0.25) is 0 Å². The van der Waals surface area contributed by atoms with Crippen LogP contribution in [0.1, 0.15) is 85.5 Å². The van der Waals surface area contributed by atoms with Gasteiger partial charge in [0, 0.05) is 30.6 Å². The second kappa shape index (κ2) is 7.44. The molecule has 0 radical (unpaired) electrons. The quantitative estimate of drug-likeness (QED) is 0.285. The number of rotatable bonds is 0. The van der Waals surface area contributed by atoms with E-state index in [2.05, 4.69) is 40.8 Å². The molecular formula is C28H46INO. The van der Waals surface area contributed by atoms with Gasteiger partial charge in [-0.1, -0.05) is 39.3 Å². The summed E-state index contributed by atoms with van der Waals surface area (Å²) in [6.45, 7) is 11.9. The minimum Gasteiger partial charge on any atom is -1.00 e. The van der Waals surface area contributed by atoms with Crippen molar-refractivity contribution in [3.05, 3.63) is 11.6 Å². The fourth-order valence-corrected chi connectivity index (χ4v) is 11.3. The topological polar surface area (TPSA) is 20.2 Å². The van der Waals surface area contributed by atoms with Gasteiger partial charge in [0.1, 0.15) is 0 Å². The molecule has 3 saturated carbocycles. The molecule has 0 amide bonds. The normalized spacial score (nSPS) is 59.9. The minimum atomic E-state index is -0.0797. The highest BCUT2D eigenvalue weighted by atomic mass is 127. The maximum Gasteiger partial charge on any atom is 0.0932 e. The van der Waals surface area contributed by atoms with E-state index < -0.39 is 0 Å². The number of piperidine rings is 1. The molecule has 3 heteroatoms. The Hall–Kier alpha value is 0.390. The first-order valence-electron chi connectivity index (χ1n) is 13.4. The molecule has 2 saturated heterocycles. The number of aliphatic hydroxyl groups excluding tert-OH is 1. The van der Waals surface area contributed by atoms with Crippen LogP contribution in [-0.2, 0) is 0 Å². The molecule has 6 rings (SSSR count). The molecule has 12 atom stereocenters. The Labute approximate surface area is 208 Å². The summed E-state index contributed by atoms with van der Waals surface area (Å²) in [5.74, 6) is 5.48. The average molecular weight is 540 g/mol. The largest absolute Gasteiger partial charge is 1.00 e. The molecule has 2 aliphatic heterocycles. The SMILES string of the molecule is C[C@H]1CC[C@@H]2[C@@H](C)[C@H]3[C@H](C[C@H]4[C@@H]5CC=C6C[C@@H](O)CC[C@]6(C)[C@H]5CC[C@]34C)[N+]2(C)C1.[I-]. The molecule has 1 N–H and O–H groups in total. The van der Waals surface area contributed by atoms with E-state index in [-0.39, 0.29) is 30.1 Å². The first-order chi connectivity index (χ1) is 14.2. The van der Waals surface area contributed by atoms with E-state index in [1.54, 1.807) is 5.57 Å². The Morgan fingerprint density at radius 1 is 1.00 bits per heavy atom. The Morgan fingerprint density at radius 2 is 1.77 bits per heavy atom. The molecule has 2 nitrogen and oxygen atoms in total. The third kappa shape index (κ3) is 2.93. The number of halogens is 1. The van der Waals surface area contributed by atoms with Gasteiger partial charge < -0.3 is 33.6 Å². The summed E-state index contributed by atoms with van der Waals surface area (Å²) in [4.78, 5) is 0. The average Bonchev–Trinajstić information content (AvgIpc) is 3.12. The number of quaternary nitrogens is 1. The Bertz CT molecular complexity index is 766. The maximum atomic E-state index is 10.3. The summed E-state index contributed by atoms with van der Waals surface area (Å²) in [6.07, 6.45) is 14.4. The number of allylic oxidation sites excluding steroid dienone is 1. The van der Waals surface area contributed by atoms with Gasteiger partial charge in [0.2, 0.25) is 0 Å². The third-order valence-electron chi connectivity index (χ3n) is 12.5. The smallest absolute Gasteiger partial charge is 0.0932 e. The lowest BCUT2D eigenvalue weighted by atomic mass is 9.47. The van der Waals surface area contributed by atoms with Crippen molar-refractivity contribution < 1.29 is 33.6 Å². The summed E-state index contributed by atoms with van der Waals surface area (Å²) in [6, 6.07) is 1.86. The summed E-state index contributed by atoms with van der Waals surface area (Å²) < 4.78 is 1.42. The molecule has 6 aliphatic rings. The first kappa shape index (κ1) is 23.1. The molecule has 0 aromatic rings. The minimum absolute atomic E-state index is 0. The van der Waals surface area contributed by atoms with Gasteiger partial charge >= 0.3 is 0 Å². The van der Waals surface area contributed by atoms with Crippen molar-refractivity contribution in [1.82, 2.24) is 0 Å². The molecule has 5 fully saturated rings. The molecule has 176 valence electrons.